The Morgan fingerprint density at radius 1 is 0.429 bits per heavy atom. The first-order valence-electron chi connectivity index (χ1n) is 6.89. The van der Waals surface area contributed by atoms with Gasteiger partial charge in [-0.2, -0.15) is 0 Å². The predicted octanol–water partition coefficient (Wildman–Crippen LogP) is 5.62. The summed E-state index contributed by atoms with van der Waals surface area (Å²) in [6.45, 7) is 0. The molecule has 0 atom stereocenters. The molecule has 0 nitrogen and oxygen atoms in total. The first-order valence-corrected chi connectivity index (χ1v) is 6.89. The molecule has 100 valence electrons. The summed E-state index contributed by atoms with van der Waals surface area (Å²) in [7, 11) is 0. The number of benzene rings is 4. The van der Waals surface area contributed by atoms with Crippen LogP contribution >= 0.6 is 0 Å². The molecular weight excluding hydrogens is 267 g/mol. The zero-order valence-electron chi connectivity index (χ0n) is 14.7. The van der Waals surface area contributed by atoms with E-state index in [1.165, 1.54) is 32.7 Å². The maximum atomic E-state index is 2.21. The molecule has 0 saturated carbocycles. The van der Waals surface area contributed by atoms with Gasteiger partial charge in [0.05, 0.1) is 0 Å². The van der Waals surface area contributed by atoms with Gasteiger partial charge in [0.25, 0.3) is 0 Å². The number of fused-ring (bicyclic) bond motifs is 2. The molecule has 0 fully saturated rings. The summed E-state index contributed by atoms with van der Waals surface area (Å²) in [6.07, 6.45) is 0. The Morgan fingerprint density at radius 3 is 1.29 bits per heavy atom. The first kappa shape index (κ1) is 13.9. The van der Waals surface area contributed by atoms with E-state index in [1.54, 1.807) is 0 Å². The van der Waals surface area contributed by atoms with E-state index in [0.29, 0.717) is 0 Å². The molecule has 0 aliphatic carbocycles. The largest absolute Gasteiger partial charge is 3.00 e. The van der Waals surface area contributed by atoms with Gasteiger partial charge in [-0.05, 0) is 32.7 Å². The summed E-state index contributed by atoms with van der Waals surface area (Å²) in [5, 5.41) is 5.20. The molecule has 4 rings (SSSR count). The maximum Gasteiger partial charge on any atom is 3.00 e. The Kier molecular flexibility index (Phi) is 3.80. The second-order valence-corrected chi connectivity index (χ2v) is 5.05. The van der Waals surface area contributed by atoms with E-state index in [1.807, 2.05) is 0 Å². The molecule has 4 aromatic rings. The van der Waals surface area contributed by atoms with Crippen molar-refractivity contribution in [3.05, 3.63) is 84.9 Å². The number of rotatable bonds is 1. The van der Waals surface area contributed by atoms with Crippen molar-refractivity contribution in [2.24, 2.45) is 0 Å². The van der Waals surface area contributed by atoms with Crippen LogP contribution in [-0.4, -0.2) is 17.4 Å². The first-order chi connectivity index (χ1) is 9.93. The van der Waals surface area contributed by atoms with E-state index in [0.717, 1.165) is 0 Å². The molecule has 0 saturated heterocycles. The summed E-state index contributed by atoms with van der Waals surface area (Å²) in [5.41, 5.74) is 2.61. The Balaban J connectivity index is 0.00000132. The van der Waals surface area contributed by atoms with Crippen LogP contribution in [-0.2, 0) is 0 Å². The molecule has 0 bridgehead atoms. The van der Waals surface area contributed by atoms with Gasteiger partial charge in [-0.1, -0.05) is 84.9 Å². The molecule has 0 aliphatic rings. The van der Waals surface area contributed by atoms with Crippen molar-refractivity contribution in [1.29, 1.82) is 0 Å². The van der Waals surface area contributed by atoms with Crippen LogP contribution in [0, 0.1) is 0 Å². The summed E-state index contributed by atoms with van der Waals surface area (Å²) in [6, 6.07) is 30.2. The summed E-state index contributed by atoms with van der Waals surface area (Å²) in [4.78, 5) is 0. The van der Waals surface area contributed by atoms with E-state index in [9.17, 15) is 0 Å². The van der Waals surface area contributed by atoms with Crippen molar-refractivity contribution in [2.45, 2.75) is 0 Å². The summed E-state index contributed by atoms with van der Waals surface area (Å²) in [5.74, 6) is 0. The van der Waals surface area contributed by atoms with Gasteiger partial charge >= 0.3 is 17.4 Å². The quantitative estimate of drug-likeness (QED) is 0.398. The van der Waals surface area contributed by atoms with Gasteiger partial charge in [0.15, 0.2) is 0 Å². The van der Waals surface area contributed by atoms with Crippen LogP contribution in [0.5, 0.6) is 0 Å². The molecule has 1 heteroatoms. The molecule has 0 heterocycles. The summed E-state index contributed by atoms with van der Waals surface area (Å²) < 4.78 is 0. The van der Waals surface area contributed by atoms with Crippen LogP contribution in [0.1, 0.15) is 4.28 Å². The second kappa shape index (κ2) is 5.74. The minimum absolute atomic E-state index is 0. The van der Waals surface area contributed by atoms with E-state index in [-0.39, 0.29) is 21.6 Å². The Labute approximate surface area is 139 Å². The Hall–Kier alpha value is -2.07. The summed E-state index contributed by atoms with van der Waals surface area (Å²) >= 11 is 0. The van der Waals surface area contributed by atoms with Gasteiger partial charge in [-0.15, -0.1) is 0 Å². The van der Waals surface area contributed by atoms with Crippen LogP contribution in [0.3, 0.4) is 0 Å². The SMILES string of the molecule is [Al+3].[H-].[H-].[H-].c1ccc2c(-c3cccc4ccccc34)cccc2c1. The third-order valence-corrected chi connectivity index (χ3v) is 3.87. The smallest absolute Gasteiger partial charge is 1.00 e. The third kappa shape index (κ3) is 2.36. The zero-order valence-corrected chi connectivity index (χ0v) is 12.8. The second-order valence-electron chi connectivity index (χ2n) is 5.05. The average Bonchev–Trinajstić information content (AvgIpc) is 2.54. The van der Waals surface area contributed by atoms with Gasteiger partial charge in [0.1, 0.15) is 0 Å². The Bertz CT molecular complexity index is 834. The van der Waals surface area contributed by atoms with E-state index in [4.69, 9.17) is 0 Å². The van der Waals surface area contributed by atoms with Gasteiger partial charge < -0.3 is 4.28 Å². The van der Waals surface area contributed by atoms with E-state index < -0.39 is 0 Å². The van der Waals surface area contributed by atoms with Crippen molar-refractivity contribution in [1.82, 2.24) is 0 Å². The van der Waals surface area contributed by atoms with Crippen LogP contribution in [0.2, 0.25) is 0 Å². The fourth-order valence-corrected chi connectivity index (χ4v) is 2.92. The van der Waals surface area contributed by atoms with Crippen LogP contribution in [0.15, 0.2) is 84.9 Å². The zero-order chi connectivity index (χ0) is 13.4. The molecule has 0 N–H and O–H groups in total. The molecule has 0 radical (unpaired) electrons. The molecule has 4 aromatic carbocycles. The normalized spacial score (nSPS) is 10.5. The topological polar surface area (TPSA) is 0 Å². The minimum atomic E-state index is 0. The third-order valence-electron chi connectivity index (χ3n) is 3.87. The van der Waals surface area contributed by atoms with Crippen molar-refractivity contribution >= 4 is 38.9 Å². The van der Waals surface area contributed by atoms with Gasteiger partial charge in [0, 0.05) is 0 Å². The van der Waals surface area contributed by atoms with E-state index in [2.05, 4.69) is 84.9 Å². The molecule has 0 aliphatic heterocycles. The number of hydrogen-bond acceptors (Lipinski definition) is 0. The Morgan fingerprint density at radius 2 is 0.810 bits per heavy atom. The van der Waals surface area contributed by atoms with Gasteiger partial charge in [-0.25, -0.2) is 0 Å². The van der Waals surface area contributed by atoms with E-state index >= 15 is 0 Å². The van der Waals surface area contributed by atoms with Crippen LogP contribution in [0.4, 0.5) is 0 Å². The molecular formula is C20H17Al. The fraction of sp³-hybridized carbons (Fsp3) is 0. The predicted molar refractivity (Wildman–Crippen MR) is 96.0 cm³/mol. The molecule has 21 heavy (non-hydrogen) atoms. The molecule has 0 unspecified atom stereocenters. The van der Waals surface area contributed by atoms with Gasteiger partial charge in [0.2, 0.25) is 0 Å². The standard InChI is InChI=1S/C20H14.Al.3H/c1-3-11-17-15(7-1)9-5-13-19(17)20-14-6-10-16-8-2-4-12-18(16)20;;;;/h1-14H;;;;/q;+3;3*-1. The van der Waals surface area contributed by atoms with Crippen molar-refractivity contribution in [2.75, 3.05) is 0 Å². The average molecular weight is 284 g/mol. The fourth-order valence-electron chi connectivity index (χ4n) is 2.92. The van der Waals surface area contributed by atoms with Crippen LogP contribution in [0.25, 0.3) is 32.7 Å². The molecule has 0 amide bonds. The van der Waals surface area contributed by atoms with Crippen molar-refractivity contribution in [3.63, 3.8) is 0 Å². The van der Waals surface area contributed by atoms with Crippen molar-refractivity contribution < 1.29 is 4.28 Å². The number of hydrogen-bond donors (Lipinski definition) is 0. The van der Waals surface area contributed by atoms with Crippen LogP contribution < -0.4 is 0 Å². The molecule has 0 spiro atoms. The van der Waals surface area contributed by atoms with Crippen molar-refractivity contribution in [3.8, 4) is 11.1 Å². The monoisotopic (exact) mass is 284 g/mol. The maximum absolute atomic E-state index is 2.21. The minimum Gasteiger partial charge on any atom is -1.00 e. The van der Waals surface area contributed by atoms with Gasteiger partial charge in [-0.3, -0.25) is 0 Å². The molecule has 0 aromatic heterocycles.